The van der Waals surface area contributed by atoms with Gasteiger partial charge in [0.25, 0.3) is 0 Å². The van der Waals surface area contributed by atoms with E-state index in [4.69, 9.17) is 10.5 Å². The van der Waals surface area contributed by atoms with E-state index in [2.05, 4.69) is 12.2 Å². The first kappa shape index (κ1) is 17.7. The molecule has 0 spiro atoms. The summed E-state index contributed by atoms with van der Waals surface area (Å²) in [6, 6.07) is 9.56. The number of carbonyl (C=O) groups is 1. The zero-order valence-electron chi connectivity index (χ0n) is 13.2. The quantitative estimate of drug-likeness (QED) is 0.616. The van der Waals surface area contributed by atoms with Gasteiger partial charge in [-0.15, -0.1) is 0 Å². The number of unbranched alkanes of at least 4 members (excludes halogenated alkanes) is 3. The largest absolute Gasteiger partial charge is 0.379 e. The Morgan fingerprint density at radius 1 is 1.19 bits per heavy atom. The summed E-state index contributed by atoms with van der Waals surface area (Å²) in [7, 11) is 0. The van der Waals surface area contributed by atoms with E-state index in [1.807, 2.05) is 37.3 Å². The molecule has 1 rings (SSSR count). The van der Waals surface area contributed by atoms with Crippen LogP contribution in [0, 0.1) is 0 Å². The van der Waals surface area contributed by atoms with Crippen LogP contribution in [0.1, 0.15) is 45.1 Å². The maximum Gasteiger partial charge on any atom is 0.244 e. The monoisotopic (exact) mass is 292 g/mol. The van der Waals surface area contributed by atoms with E-state index in [0.29, 0.717) is 13.2 Å². The van der Waals surface area contributed by atoms with Crippen LogP contribution in [0.25, 0.3) is 0 Å². The van der Waals surface area contributed by atoms with Crippen LogP contribution in [0.3, 0.4) is 0 Å². The number of hydrogen-bond donors (Lipinski definition) is 2. The van der Waals surface area contributed by atoms with Crippen molar-refractivity contribution < 1.29 is 9.53 Å². The molecular weight excluding hydrogens is 264 g/mol. The molecule has 0 saturated carbocycles. The molecule has 0 saturated heterocycles. The number of benzene rings is 1. The maximum atomic E-state index is 12.1. The Morgan fingerprint density at radius 3 is 2.48 bits per heavy atom. The van der Waals surface area contributed by atoms with E-state index in [9.17, 15) is 4.79 Å². The molecule has 0 heterocycles. The van der Waals surface area contributed by atoms with Gasteiger partial charge in [0, 0.05) is 6.61 Å². The first-order valence-electron chi connectivity index (χ1n) is 7.85. The second kappa shape index (κ2) is 9.53. The highest BCUT2D eigenvalue weighted by Gasteiger charge is 2.38. The van der Waals surface area contributed by atoms with Gasteiger partial charge in [-0.3, -0.25) is 10.1 Å². The molecule has 4 heteroatoms. The molecule has 1 atom stereocenters. The van der Waals surface area contributed by atoms with Gasteiger partial charge in [-0.2, -0.15) is 0 Å². The van der Waals surface area contributed by atoms with Crippen LogP contribution in [0.4, 0.5) is 0 Å². The second-order valence-electron chi connectivity index (χ2n) is 5.28. The average molecular weight is 292 g/mol. The fourth-order valence-electron chi connectivity index (χ4n) is 2.42. The number of likely N-dealkylation sites (N-methyl/N-ethyl adjacent to an activating group) is 1. The summed E-state index contributed by atoms with van der Waals surface area (Å²) in [5.74, 6) is -0.399. The zero-order chi connectivity index (χ0) is 15.6. The summed E-state index contributed by atoms with van der Waals surface area (Å²) in [5, 5.41) is 3.21. The van der Waals surface area contributed by atoms with Crippen LogP contribution in [0.2, 0.25) is 0 Å². The summed E-state index contributed by atoms with van der Waals surface area (Å²) in [6.45, 7) is 5.72. The van der Waals surface area contributed by atoms with Crippen molar-refractivity contribution in [3.63, 3.8) is 0 Å². The molecule has 1 aromatic rings. The minimum absolute atomic E-state index is 0.270. The number of rotatable bonds is 11. The van der Waals surface area contributed by atoms with Gasteiger partial charge >= 0.3 is 0 Å². The molecule has 0 aliphatic rings. The number of nitrogens with two attached hydrogens (primary N) is 1. The fourth-order valence-corrected chi connectivity index (χ4v) is 2.42. The number of nitrogens with one attached hydrogen (secondary N) is 1. The molecule has 3 N–H and O–H groups in total. The first-order valence-corrected chi connectivity index (χ1v) is 7.85. The molecule has 21 heavy (non-hydrogen) atoms. The molecular formula is C17H28N2O2. The Balaban J connectivity index is 2.71. The maximum absolute atomic E-state index is 12.1. The van der Waals surface area contributed by atoms with E-state index < -0.39 is 11.4 Å². The molecule has 4 nitrogen and oxygen atoms in total. The summed E-state index contributed by atoms with van der Waals surface area (Å²) >= 11 is 0. The number of amides is 1. The van der Waals surface area contributed by atoms with Gasteiger partial charge in [-0.25, -0.2) is 0 Å². The number of primary amides is 1. The normalized spacial score (nSPS) is 13.8. The lowest BCUT2D eigenvalue weighted by Crippen LogP contribution is -2.55. The lowest BCUT2D eigenvalue weighted by molar-refractivity contribution is -0.127. The Labute approximate surface area is 128 Å². The van der Waals surface area contributed by atoms with Crippen molar-refractivity contribution in [2.45, 2.75) is 45.1 Å². The first-order chi connectivity index (χ1) is 10.2. The topological polar surface area (TPSA) is 64.3 Å². The Kier molecular flexibility index (Phi) is 8.01. The Hall–Kier alpha value is -1.39. The summed E-state index contributed by atoms with van der Waals surface area (Å²) < 4.78 is 5.75. The van der Waals surface area contributed by atoms with Crippen molar-refractivity contribution in [2.75, 3.05) is 19.8 Å². The molecule has 0 aliphatic heterocycles. The van der Waals surface area contributed by atoms with Crippen molar-refractivity contribution in [2.24, 2.45) is 5.73 Å². The van der Waals surface area contributed by atoms with E-state index in [-0.39, 0.29) is 6.61 Å². The van der Waals surface area contributed by atoms with Crippen LogP contribution in [-0.2, 0) is 15.1 Å². The van der Waals surface area contributed by atoms with Gasteiger partial charge in [-0.1, -0.05) is 63.4 Å². The van der Waals surface area contributed by atoms with Crippen LogP contribution in [0.5, 0.6) is 0 Å². The van der Waals surface area contributed by atoms with Crippen LogP contribution < -0.4 is 11.1 Å². The van der Waals surface area contributed by atoms with Crippen molar-refractivity contribution in [1.82, 2.24) is 5.32 Å². The molecule has 0 aliphatic carbocycles. The highest BCUT2D eigenvalue weighted by atomic mass is 16.5. The van der Waals surface area contributed by atoms with Crippen LogP contribution in [-0.4, -0.2) is 25.7 Å². The van der Waals surface area contributed by atoms with Gasteiger partial charge in [-0.05, 0) is 18.5 Å². The SMILES string of the molecule is CCCCCCOCC(NCC)(C(N)=O)c1ccccc1. The van der Waals surface area contributed by atoms with Crippen molar-refractivity contribution in [3.05, 3.63) is 35.9 Å². The molecule has 0 radical (unpaired) electrons. The van der Waals surface area contributed by atoms with E-state index in [0.717, 1.165) is 18.4 Å². The molecule has 1 amide bonds. The minimum atomic E-state index is -0.944. The Bertz CT molecular complexity index is 409. The minimum Gasteiger partial charge on any atom is -0.379 e. The van der Waals surface area contributed by atoms with Crippen molar-refractivity contribution >= 4 is 5.91 Å². The smallest absolute Gasteiger partial charge is 0.244 e. The highest BCUT2D eigenvalue weighted by Crippen LogP contribution is 2.21. The summed E-state index contributed by atoms with van der Waals surface area (Å²) in [6.07, 6.45) is 4.60. The van der Waals surface area contributed by atoms with Crippen LogP contribution >= 0.6 is 0 Å². The molecule has 0 bridgehead atoms. The third kappa shape index (κ3) is 5.14. The third-order valence-corrected chi connectivity index (χ3v) is 3.63. The van der Waals surface area contributed by atoms with E-state index in [1.165, 1.54) is 12.8 Å². The van der Waals surface area contributed by atoms with E-state index >= 15 is 0 Å². The average Bonchev–Trinajstić information content (AvgIpc) is 2.50. The predicted octanol–water partition coefficient (Wildman–Crippen LogP) is 2.57. The Morgan fingerprint density at radius 2 is 1.90 bits per heavy atom. The molecule has 118 valence electrons. The lowest BCUT2D eigenvalue weighted by Gasteiger charge is -2.31. The molecule has 0 aromatic heterocycles. The fraction of sp³-hybridized carbons (Fsp3) is 0.588. The van der Waals surface area contributed by atoms with Gasteiger partial charge in [0.2, 0.25) is 5.91 Å². The van der Waals surface area contributed by atoms with Crippen molar-refractivity contribution in [1.29, 1.82) is 0 Å². The number of hydrogen-bond acceptors (Lipinski definition) is 3. The highest BCUT2D eigenvalue weighted by molar-refractivity contribution is 5.86. The second-order valence-corrected chi connectivity index (χ2v) is 5.28. The summed E-state index contributed by atoms with van der Waals surface area (Å²) in [5.41, 5.74) is 5.58. The van der Waals surface area contributed by atoms with Gasteiger partial charge < -0.3 is 10.5 Å². The van der Waals surface area contributed by atoms with E-state index in [1.54, 1.807) is 0 Å². The predicted molar refractivity (Wildman–Crippen MR) is 86.0 cm³/mol. The molecule has 1 aromatic carbocycles. The number of carbonyl (C=O) groups excluding carboxylic acids is 1. The van der Waals surface area contributed by atoms with Gasteiger partial charge in [0.05, 0.1) is 6.61 Å². The lowest BCUT2D eigenvalue weighted by atomic mass is 9.89. The zero-order valence-corrected chi connectivity index (χ0v) is 13.2. The molecule has 1 unspecified atom stereocenters. The molecule has 0 fully saturated rings. The third-order valence-electron chi connectivity index (χ3n) is 3.63. The van der Waals surface area contributed by atoms with Gasteiger partial charge in [0.15, 0.2) is 0 Å². The standard InChI is InChI=1S/C17H28N2O2/c1-3-5-6-10-13-21-14-17(16(18)20,19-4-2)15-11-8-7-9-12-15/h7-9,11-12,19H,3-6,10,13-14H2,1-2H3,(H2,18,20). The van der Waals surface area contributed by atoms with Crippen LogP contribution in [0.15, 0.2) is 30.3 Å². The van der Waals surface area contributed by atoms with Gasteiger partial charge in [0.1, 0.15) is 5.54 Å². The van der Waals surface area contributed by atoms with Crippen molar-refractivity contribution in [3.8, 4) is 0 Å². The number of ether oxygens (including phenoxy) is 1. The summed E-state index contributed by atoms with van der Waals surface area (Å²) in [4.78, 5) is 12.1.